The molecule has 0 bridgehead atoms. The van der Waals surface area contributed by atoms with E-state index in [2.05, 4.69) is 24.4 Å². The molecule has 112 valence electrons. The van der Waals surface area contributed by atoms with Gasteiger partial charge in [-0.3, -0.25) is 9.69 Å². The SMILES string of the molecule is CC(O)CCN(C)CC(=O)NCC(C)c1ccccc1. The van der Waals surface area contributed by atoms with Gasteiger partial charge < -0.3 is 10.4 Å². The second-order valence-corrected chi connectivity index (χ2v) is 5.49. The number of carbonyl (C=O) groups excluding carboxylic acids is 1. The highest BCUT2D eigenvalue weighted by Crippen LogP contribution is 2.12. The lowest BCUT2D eigenvalue weighted by Crippen LogP contribution is -2.37. The highest BCUT2D eigenvalue weighted by molar-refractivity contribution is 5.78. The molecule has 1 aromatic rings. The van der Waals surface area contributed by atoms with Crippen molar-refractivity contribution in [2.24, 2.45) is 0 Å². The second kappa shape index (κ2) is 8.72. The summed E-state index contributed by atoms with van der Waals surface area (Å²) < 4.78 is 0. The van der Waals surface area contributed by atoms with Crippen molar-refractivity contribution in [2.75, 3.05) is 26.7 Å². The van der Waals surface area contributed by atoms with Crippen molar-refractivity contribution in [1.82, 2.24) is 10.2 Å². The van der Waals surface area contributed by atoms with Gasteiger partial charge in [0.05, 0.1) is 12.6 Å². The number of aliphatic hydroxyl groups excluding tert-OH is 1. The topological polar surface area (TPSA) is 52.6 Å². The van der Waals surface area contributed by atoms with E-state index < -0.39 is 0 Å². The molecule has 0 aromatic heterocycles. The first-order chi connectivity index (χ1) is 9.49. The molecule has 1 amide bonds. The summed E-state index contributed by atoms with van der Waals surface area (Å²) in [5.41, 5.74) is 1.23. The first kappa shape index (κ1) is 16.7. The Hall–Kier alpha value is -1.39. The zero-order valence-electron chi connectivity index (χ0n) is 12.7. The Morgan fingerprint density at radius 3 is 2.55 bits per heavy atom. The third kappa shape index (κ3) is 6.68. The summed E-state index contributed by atoms with van der Waals surface area (Å²) in [5, 5.41) is 12.2. The standard InChI is InChI=1S/C16H26N2O2/c1-13(15-7-5-4-6-8-15)11-17-16(20)12-18(3)10-9-14(2)19/h4-8,13-14,19H,9-12H2,1-3H3,(H,17,20). The molecule has 2 N–H and O–H groups in total. The van der Waals surface area contributed by atoms with E-state index in [1.165, 1.54) is 5.56 Å². The van der Waals surface area contributed by atoms with Gasteiger partial charge >= 0.3 is 0 Å². The van der Waals surface area contributed by atoms with E-state index in [1.807, 2.05) is 30.1 Å². The van der Waals surface area contributed by atoms with E-state index in [1.54, 1.807) is 6.92 Å². The Bertz CT molecular complexity index is 393. The number of carbonyl (C=O) groups is 1. The Labute approximate surface area is 121 Å². The fourth-order valence-electron chi connectivity index (χ4n) is 1.95. The van der Waals surface area contributed by atoms with Crippen LogP contribution in [0.25, 0.3) is 0 Å². The normalized spacial score (nSPS) is 14.1. The molecule has 0 saturated heterocycles. The highest BCUT2D eigenvalue weighted by Gasteiger charge is 2.10. The van der Waals surface area contributed by atoms with Crippen molar-refractivity contribution < 1.29 is 9.90 Å². The van der Waals surface area contributed by atoms with Crippen molar-refractivity contribution in [1.29, 1.82) is 0 Å². The third-order valence-electron chi connectivity index (χ3n) is 3.32. The van der Waals surface area contributed by atoms with Crippen LogP contribution >= 0.6 is 0 Å². The first-order valence-electron chi connectivity index (χ1n) is 7.17. The van der Waals surface area contributed by atoms with Crippen LogP contribution in [0.4, 0.5) is 0 Å². The number of likely N-dealkylation sites (N-methyl/N-ethyl adjacent to an activating group) is 1. The number of nitrogens with one attached hydrogen (secondary N) is 1. The van der Waals surface area contributed by atoms with E-state index in [0.717, 1.165) is 6.54 Å². The van der Waals surface area contributed by atoms with Gasteiger partial charge in [-0.2, -0.15) is 0 Å². The lowest BCUT2D eigenvalue weighted by Gasteiger charge is -2.18. The van der Waals surface area contributed by atoms with Crippen molar-refractivity contribution >= 4 is 5.91 Å². The molecular weight excluding hydrogens is 252 g/mol. The zero-order chi connectivity index (χ0) is 15.0. The molecule has 2 unspecified atom stereocenters. The van der Waals surface area contributed by atoms with Crippen LogP contribution in [0.3, 0.4) is 0 Å². The average molecular weight is 278 g/mol. The van der Waals surface area contributed by atoms with Crippen LogP contribution in [0.15, 0.2) is 30.3 Å². The number of benzene rings is 1. The van der Waals surface area contributed by atoms with Gasteiger partial charge in [-0.15, -0.1) is 0 Å². The van der Waals surface area contributed by atoms with Crippen LogP contribution in [0.5, 0.6) is 0 Å². The Balaban J connectivity index is 2.26. The molecule has 1 aromatic carbocycles. The zero-order valence-corrected chi connectivity index (χ0v) is 12.7. The van der Waals surface area contributed by atoms with E-state index in [4.69, 9.17) is 0 Å². The summed E-state index contributed by atoms with van der Waals surface area (Å²) >= 11 is 0. The smallest absolute Gasteiger partial charge is 0.234 e. The van der Waals surface area contributed by atoms with Crippen LogP contribution in [-0.2, 0) is 4.79 Å². The van der Waals surface area contributed by atoms with Gasteiger partial charge in [0.25, 0.3) is 0 Å². The number of amides is 1. The Morgan fingerprint density at radius 2 is 1.95 bits per heavy atom. The summed E-state index contributed by atoms with van der Waals surface area (Å²) in [6, 6.07) is 10.2. The van der Waals surface area contributed by atoms with Gasteiger partial charge in [-0.25, -0.2) is 0 Å². The minimum absolute atomic E-state index is 0.0286. The fraction of sp³-hybridized carbons (Fsp3) is 0.562. The lowest BCUT2D eigenvalue weighted by atomic mass is 10.0. The van der Waals surface area contributed by atoms with Crippen molar-refractivity contribution in [3.05, 3.63) is 35.9 Å². The van der Waals surface area contributed by atoms with E-state index in [-0.39, 0.29) is 12.0 Å². The number of hydrogen-bond donors (Lipinski definition) is 2. The molecule has 0 aliphatic rings. The van der Waals surface area contributed by atoms with Gasteiger partial charge in [-0.1, -0.05) is 37.3 Å². The average Bonchev–Trinajstić information content (AvgIpc) is 2.43. The van der Waals surface area contributed by atoms with E-state index in [0.29, 0.717) is 25.4 Å². The molecule has 0 aliphatic heterocycles. The van der Waals surface area contributed by atoms with Crippen molar-refractivity contribution in [2.45, 2.75) is 32.3 Å². The molecule has 0 radical (unpaired) electrons. The van der Waals surface area contributed by atoms with Gasteiger partial charge in [0, 0.05) is 13.1 Å². The summed E-state index contributed by atoms with van der Waals surface area (Å²) in [5.74, 6) is 0.337. The van der Waals surface area contributed by atoms with Crippen molar-refractivity contribution in [3.8, 4) is 0 Å². The molecule has 20 heavy (non-hydrogen) atoms. The molecule has 0 heterocycles. The molecule has 4 nitrogen and oxygen atoms in total. The molecule has 1 rings (SSSR count). The van der Waals surface area contributed by atoms with Gasteiger partial charge in [0.15, 0.2) is 0 Å². The Morgan fingerprint density at radius 1 is 1.30 bits per heavy atom. The largest absolute Gasteiger partial charge is 0.393 e. The molecule has 2 atom stereocenters. The number of rotatable bonds is 8. The number of hydrogen-bond acceptors (Lipinski definition) is 3. The van der Waals surface area contributed by atoms with Crippen LogP contribution in [0, 0.1) is 0 Å². The monoisotopic (exact) mass is 278 g/mol. The minimum atomic E-state index is -0.321. The summed E-state index contributed by atoms with van der Waals surface area (Å²) in [6.07, 6.45) is 0.364. The van der Waals surface area contributed by atoms with Crippen LogP contribution in [0.1, 0.15) is 31.7 Å². The predicted octanol–water partition coefficient (Wildman–Crippen LogP) is 1.61. The minimum Gasteiger partial charge on any atom is -0.393 e. The van der Waals surface area contributed by atoms with Crippen LogP contribution in [0.2, 0.25) is 0 Å². The van der Waals surface area contributed by atoms with Crippen LogP contribution in [-0.4, -0.2) is 48.7 Å². The molecule has 0 spiro atoms. The first-order valence-corrected chi connectivity index (χ1v) is 7.17. The number of aliphatic hydroxyl groups is 1. The van der Waals surface area contributed by atoms with Crippen molar-refractivity contribution in [3.63, 3.8) is 0 Å². The van der Waals surface area contributed by atoms with E-state index in [9.17, 15) is 9.90 Å². The maximum atomic E-state index is 11.8. The molecule has 4 heteroatoms. The highest BCUT2D eigenvalue weighted by atomic mass is 16.3. The number of nitrogens with zero attached hydrogens (tertiary/aromatic N) is 1. The molecule has 0 saturated carbocycles. The maximum absolute atomic E-state index is 11.8. The third-order valence-corrected chi connectivity index (χ3v) is 3.32. The van der Waals surface area contributed by atoms with E-state index >= 15 is 0 Å². The fourth-order valence-corrected chi connectivity index (χ4v) is 1.95. The summed E-state index contributed by atoms with van der Waals surface area (Å²) in [7, 11) is 1.89. The van der Waals surface area contributed by atoms with Crippen LogP contribution < -0.4 is 5.32 Å². The molecule has 0 fully saturated rings. The Kier molecular flexibility index (Phi) is 7.26. The predicted molar refractivity (Wildman–Crippen MR) is 81.7 cm³/mol. The summed E-state index contributed by atoms with van der Waals surface area (Å²) in [6.45, 7) is 5.60. The summed E-state index contributed by atoms with van der Waals surface area (Å²) in [4.78, 5) is 13.7. The van der Waals surface area contributed by atoms with Gasteiger partial charge in [-0.05, 0) is 31.9 Å². The second-order valence-electron chi connectivity index (χ2n) is 5.49. The van der Waals surface area contributed by atoms with Gasteiger partial charge in [0.2, 0.25) is 5.91 Å². The quantitative estimate of drug-likeness (QED) is 0.759. The maximum Gasteiger partial charge on any atom is 0.234 e. The molecule has 0 aliphatic carbocycles. The van der Waals surface area contributed by atoms with Gasteiger partial charge in [0.1, 0.15) is 0 Å². The molecular formula is C16H26N2O2. The lowest BCUT2D eigenvalue weighted by molar-refractivity contribution is -0.122.